The van der Waals surface area contributed by atoms with Crippen LogP contribution in [0.15, 0.2) is 36.8 Å². The van der Waals surface area contributed by atoms with E-state index in [1.165, 1.54) is 47.2 Å². The molecule has 2 aromatic heterocycles. The number of likely N-dealkylation sites (N-methyl/N-ethyl adjacent to an activating group) is 1. The number of likely N-dealkylation sites (tertiary alicyclic amines) is 1. The van der Waals surface area contributed by atoms with E-state index in [1.807, 2.05) is 18.0 Å². The van der Waals surface area contributed by atoms with Crippen molar-refractivity contribution in [2.24, 2.45) is 5.92 Å². The molecule has 6 atom stereocenters. The predicted octanol–water partition coefficient (Wildman–Crippen LogP) is 2.56. The van der Waals surface area contributed by atoms with E-state index in [-0.39, 0.29) is 54.3 Å². The number of methoxy groups -OCH3 is 1. The predicted molar refractivity (Wildman–Crippen MR) is 193 cm³/mol. The second kappa shape index (κ2) is 17.4. The Labute approximate surface area is 320 Å². The number of benzene rings is 1. The molecule has 0 N–H and O–H groups in total. The highest BCUT2D eigenvalue weighted by Gasteiger charge is 2.48. The molecule has 0 aliphatic carbocycles. The van der Waals surface area contributed by atoms with Crippen LogP contribution in [0.3, 0.4) is 0 Å². The number of carbonyl (C=O) groups is 5. The highest BCUT2D eigenvalue weighted by molar-refractivity contribution is 5.95. The molecule has 20 heteroatoms. The van der Waals surface area contributed by atoms with Gasteiger partial charge in [0.25, 0.3) is 5.69 Å². The SMILES string of the molecule is COC(=O)[C@H]1O[C@@H](Oc2ccc([N+](=O)[O-])cc2CN(C)C(=O)n2ccc3c(N(C)[C@H]4CN(C(=O)CC#N)CC[C@H]4C)ncnc32)C[C@@H](OC(C)=O)[C@@H]1OC(C)=O. The van der Waals surface area contributed by atoms with Crippen molar-refractivity contribution in [3.05, 3.63) is 52.5 Å². The number of nitro groups is 1. The largest absolute Gasteiger partial charge is 0.467 e. The highest BCUT2D eigenvalue weighted by atomic mass is 16.7. The molecule has 4 heterocycles. The number of hydrogen-bond donors (Lipinski definition) is 0. The van der Waals surface area contributed by atoms with Crippen molar-refractivity contribution in [2.45, 2.75) is 77.2 Å². The van der Waals surface area contributed by atoms with Crippen LogP contribution in [0.5, 0.6) is 5.75 Å². The molecular formula is C36H42N8O12. The lowest BCUT2D eigenvalue weighted by atomic mass is 9.92. The number of nitriles is 1. The van der Waals surface area contributed by atoms with Crippen LogP contribution < -0.4 is 9.64 Å². The van der Waals surface area contributed by atoms with Gasteiger partial charge in [-0.2, -0.15) is 5.26 Å². The maximum Gasteiger partial charge on any atom is 0.339 e. The quantitative estimate of drug-likeness (QED) is 0.118. The Morgan fingerprint density at radius 3 is 2.50 bits per heavy atom. The van der Waals surface area contributed by atoms with Crippen LogP contribution in [0.2, 0.25) is 0 Å². The summed E-state index contributed by atoms with van der Waals surface area (Å²) in [5.41, 5.74) is 0.181. The average molecular weight is 779 g/mol. The Kier molecular flexibility index (Phi) is 12.7. The zero-order valence-electron chi connectivity index (χ0n) is 31.6. The summed E-state index contributed by atoms with van der Waals surface area (Å²) in [6.07, 6.45) is -2.23. The maximum absolute atomic E-state index is 14.0. The minimum absolute atomic E-state index is 0.0453. The first-order chi connectivity index (χ1) is 26.6. The van der Waals surface area contributed by atoms with Gasteiger partial charge < -0.3 is 38.4 Å². The van der Waals surface area contributed by atoms with Crippen LogP contribution in [0.25, 0.3) is 11.0 Å². The normalized spacial score (nSPS) is 22.0. The lowest BCUT2D eigenvalue weighted by molar-refractivity contribution is -0.385. The van der Waals surface area contributed by atoms with Crippen molar-refractivity contribution in [1.82, 2.24) is 24.3 Å². The number of ether oxygens (including phenoxy) is 5. The van der Waals surface area contributed by atoms with E-state index in [1.54, 1.807) is 11.0 Å². The summed E-state index contributed by atoms with van der Waals surface area (Å²) in [5, 5.41) is 21.4. The van der Waals surface area contributed by atoms with Gasteiger partial charge in [-0.25, -0.2) is 19.6 Å². The molecule has 298 valence electrons. The minimum atomic E-state index is -1.56. The molecule has 0 bridgehead atoms. The van der Waals surface area contributed by atoms with E-state index >= 15 is 0 Å². The van der Waals surface area contributed by atoms with E-state index < -0.39 is 53.5 Å². The van der Waals surface area contributed by atoms with E-state index in [0.29, 0.717) is 29.9 Å². The lowest BCUT2D eigenvalue weighted by Crippen LogP contribution is -2.56. The monoisotopic (exact) mass is 778 g/mol. The van der Waals surface area contributed by atoms with Crippen molar-refractivity contribution < 1.29 is 52.6 Å². The summed E-state index contributed by atoms with van der Waals surface area (Å²) < 4.78 is 28.7. The Bertz CT molecular complexity index is 2050. The van der Waals surface area contributed by atoms with Crippen molar-refractivity contribution in [3.8, 4) is 11.8 Å². The molecule has 2 aliphatic heterocycles. The van der Waals surface area contributed by atoms with E-state index in [0.717, 1.165) is 27.4 Å². The molecule has 0 saturated carbocycles. The summed E-state index contributed by atoms with van der Waals surface area (Å²) in [4.78, 5) is 88.1. The third-order valence-electron chi connectivity index (χ3n) is 9.69. The molecule has 2 aliphatic rings. The molecule has 0 radical (unpaired) electrons. The number of piperidine rings is 1. The first-order valence-corrected chi connectivity index (χ1v) is 17.6. The van der Waals surface area contributed by atoms with Crippen LogP contribution in [-0.2, 0) is 44.7 Å². The van der Waals surface area contributed by atoms with Crippen molar-refractivity contribution in [2.75, 3.05) is 39.2 Å². The van der Waals surface area contributed by atoms with Crippen LogP contribution in [0, 0.1) is 27.4 Å². The van der Waals surface area contributed by atoms with Crippen molar-refractivity contribution >= 4 is 52.4 Å². The van der Waals surface area contributed by atoms with Gasteiger partial charge in [-0.1, -0.05) is 6.92 Å². The Balaban J connectivity index is 1.40. The van der Waals surface area contributed by atoms with Crippen LogP contribution >= 0.6 is 0 Å². The lowest BCUT2D eigenvalue weighted by Gasteiger charge is -2.42. The van der Waals surface area contributed by atoms with Gasteiger partial charge in [0.1, 0.15) is 30.4 Å². The fourth-order valence-corrected chi connectivity index (χ4v) is 6.91. The number of rotatable bonds is 11. The van der Waals surface area contributed by atoms with Gasteiger partial charge in [-0.15, -0.1) is 0 Å². The summed E-state index contributed by atoms with van der Waals surface area (Å²) in [6, 6.07) is 6.65. The summed E-state index contributed by atoms with van der Waals surface area (Å²) in [6.45, 7) is 5.06. The molecule has 2 saturated heterocycles. The smallest absolute Gasteiger partial charge is 0.339 e. The first-order valence-electron chi connectivity index (χ1n) is 17.6. The van der Waals surface area contributed by atoms with Crippen LogP contribution in [-0.4, -0.2) is 124 Å². The Morgan fingerprint density at radius 2 is 1.84 bits per heavy atom. The standard InChI is InChI=1S/C36H42N8O12/c1-20-10-13-42(29(47)9-12-37)18-26(20)41(5)33-25-11-14-43(34(25)39-19-38-33)36(49)40(4)17-23-15-24(44(50)51)7-8-27(23)55-30-16-28(53-21(2)45)31(54-22(3)46)32(56-30)35(48)52-6/h7-8,11,14-15,19-20,26,28,30-32H,9-10,13,16-18H2,1-6H3/t20-,26+,28-,30-,31+,32+/m1/s1. The van der Waals surface area contributed by atoms with Crippen molar-refractivity contribution in [1.29, 1.82) is 5.26 Å². The molecule has 2 amide bonds. The number of nitro benzene ring substituents is 1. The first kappa shape index (κ1) is 40.8. The highest BCUT2D eigenvalue weighted by Crippen LogP contribution is 2.33. The number of carbonyl (C=O) groups excluding carboxylic acids is 5. The maximum atomic E-state index is 14.0. The zero-order chi connectivity index (χ0) is 40.8. The average Bonchev–Trinajstić information content (AvgIpc) is 3.59. The molecule has 0 unspecified atom stereocenters. The third-order valence-corrected chi connectivity index (χ3v) is 9.69. The van der Waals surface area contributed by atoms with Gasteiger partial charge in [0.15, 0.2) is 17.9 Å². The second-order valence-electron chi connectivity index (χ2n) is 13.5. The zero-order valence-corrected chi connectivity index (χ0v) is 31.6. The second-order valence-corrected chi connectivity index (χ2v) is 13.5. The molecule has 56 heavy (non-hydrogen) atoms. The van der Waals surface area contributed by atoms with Crippen LogP contribution in [0.4, 0.5) is 16.3 Å². The topological polar surface area (TPSA) is 239 Å². The van der Waals surface area contributed by atoms with Gasteiger partial charge in [0.05, 0.1) is 42.5 Å². The molecule has 3 aromatic rings. The number of esters is 3. The third kappa shape index (κ3) is 8.94. The van der Waals surface area contributed by atoms with Gasteiger partial charge in [0.2, 0.25) is 12.2 Å². The number of nitrogens with zero attached hydrogens (tertiary/aromatic N) is 8. The van der Waals surface area contributed by atoms with Gasteiger partial charge >= 0.3 is 23.9 Å². The Hall–Kier alpha value is -6.36. The van der Waals surface area contributed by atoms with E-state index in [4.69, 9.17) is 28.9 Å². The molecule has 1 aromatic carbocycles. The molecule has 2 fully saturated rings. The van der Waals surface area contributed by atoms with Gasteiger partial charge in [-0.3, -0.25) is 29.1 Å². The summed E-state index contributed by atoms with van der Waals surface area (Å²) in [7, 11) is 4.42. The minimum Gasteiger partial charge on any atom is -0.467 e. The molecule has 5 rings (SSSR count). The van der Waals surface area contributed by atoms with Crippen molar-refractivity contribution in [3.63, 3.8) is 0 Å². The van der Waals surface area contributed by atoms with Crippen LogP contribution in [0.1, 0.15) is 45.6 Å². The van der Waals surface area contributed by atoms with E-state index in [2.05, 4.69) is 16.9 Å². The van der Waals surface area contributed by atoms with Gasteiger partial charge in [0, 0.05) is 64.9 Å². The van der Waals surface area contributed by atoms with Gasteiger partial charge in [-0.05, 0) is 24.5 Å². The molecule has 0 spiro atoms. The summed E-state index contributed by atoms with van der Waals surface area (Å²) in [5.74, 6) is -1.91. The summed E-state index contributed by atoms with van der Waals surface area (Å²) >= 11 is 0. The number of amides is 2. The number of non-ortho nitro benzene ring substituents is 1. The molecular weight excluding hydrogens is 736 g/mol. The van der Waals surface area contributed by atoms with E-state index in [9.17, 15) is 34.1 Å². The number of fused-ring (bicyclic) bond motifs is 1. The Morgan fingerprint density at radius 1 is 1.11 bits per heavy atom. The number of aromatic nitrogens is 3. The fourth-order valence-electron chi connectivity index (χ4n) is 6.91. The number of hydrogen-bond acceptors (Lipinski definition) is 16. The molecule has 20 nitrogen and oxygen atoms in total. The fraction of sp³-hybridized carbons (Fsp3) is 0.500. The number of anilines is 1.